The predicted octanol–water partition coefficient (Wildman–Crippen LogP) is 0.827. The van der Waals surface area contributed by atoms with Crippen LogP contribution >= 0.6 is 0 Å². The Morgan fingerprint density at radius 3 is 1.53 bits per heavy atom. The molecule has 0 unspecified atom stereocenters. The van der Waals surface area contributed by atoms with Crippen LogP contribution in [-0.2, 0) is 28.3 Å². The first-order chi connectivity index (χ1) is 8.53. The highest BCUT2D eigenvalue weighted by atomic mass is 32.3. The van der Waals surface area contributed by atoms with Crippen molar-refractivity contribution < 1.29 is 26.3 Å². The highest BCUT2D eigenvalue weighted by Gasteiger charge is 2.01. The smallest absolute Gasteiger partial charge is 0.399 e. The standard InChI is InChI=1S/C6H10O2.C3H9N.C2H6O4S/c1-4-8-6(7)5(2)3;1-4(2)3;1-5-7(3,4)6-2/h2,4H2,1,3H3;1-3H3;1-2H3. The van der Waals surface area contributed by atoms with E-state index in [2.05, 4.69) is 19.7 Å². The molecule has 0 spiro atoms. The third kappa shape index (κ3) is 26.6. The van der Waals surface area contributed by atoms with E-state index in [-0.39, 0.29) is 5.97 Å². The number of ether oxygens (including phenoxy) is 1. The van der Waals surface area contributed by atoms with Gasteiger partial charge in [-0.3, -0.25) is 8.37 Å². The van der Waals surface area contributed by atoms with Crippen LogP contribution in [0.15, 0.2) is 12.2 Å². The summed E-state index contributed by atoms with van der Waals surface area (Å²) in [5.41, 5.74) is 0.451. The normalized spacial score (nSPS) is 9.68. The molecule has 0 aliphatic rings. The molecule has 0 aromatic rings. The molecule has 0 saturated heterocycles. The molecule has 0 bridgehead atoms. The number of hydrogen-bond acceptors (Lipinski definition) is 7. The summed E-state index contributed by atoms with van der Waals surface area (Å²) < 4.78 is 32.1. The molecule has 0 radical (unpaired) electrons. The third-order valence-electron chi connectivity index (χ3n) is 1.03. The lowest BCUT2D eigenvalue weighted by molar-refractivity contribution is -0.138. The fourth-order valence-corrected chi connectivity index (χ4v) is 0.458. The Hall–Kier alpha value is -0.960. The average molecular weight is 299 g/mol. The van der Waals surface area contributed by atoms with E-state index in [4.69, 9.17) is 0 Å². The van der Waals surface area contributed by atoms with Crippen LogP contribution in [0.1, 0.15) is 13.8 Å². The SMILES string of the molecule is C=C(C)C(=O)OCC.CN(C)C.COS(=O)(=O)OC. The zero-order chi connectivity index (χ0) is 16.1. The van der Waals surface area contributed by atoms with Gasteiger partial charge in [0.2, 0.25) is 0 Å². The first-order valence-corrected chi connectivity index (χ1v) is 6.67. The Balaban J connectivity index is -0.000000214. The number of carbonyl (C=O) groups is 1. The maximum atomic E-state index is 10.4. The zero-order valence-corrected chi connectivity index (χ0v) is 13.5. The lowest BCUT2D eigenvalue weighted by Crippen LogP contribution is -2.03. The molecular weight excluding hydrogens is 274 g/mol. The second-order valence-electron chi connectivity index (χ2n) is 3.58. The summed E-state index contributed by atoms with van der Waals surface area (Å²) in [5, 5.41) is 0. The van der Waals surface area contributed by atoms with Gasteiger partial charge in [0.05, 0.1) is 20.8 Å². The quantitative estimate of drug-likeness (QED) is 0.561. The highest BCUT2D eigenvalue weighted by molar-refractivity contribution is 7.81. The molecule has 0 saturated carbocycles. The largest absolute Gasteiger partial charge is 0.463 e. The van der Waals surface area contributed by atoms with Gasteiger partial charge < -0.3 is 9.64 Å². The van der Waals surface area contributed by atoms with Crippen molar-refractivity contribution in [2.45, 2.75) is 13.8 Å². The zero-order valence-electron chi connectivity index (χ0n) is 12.7. The van der Waals surface area contributed by atoms with Crippen LogP contribution in [0.2, 0.25) is 0 Å². The Bertz CT molecular complexity index is 324. The van der Waals surface area contributed by atoms with Crippen molar-refractivity contribution in [1.29, 1.82) is 0 Å². The second-order valence-corrected chi connectivity index (χ2v) is 5.07. The Morgan fingerprint density at radius 1 is 1.16 bits per heavy atom. The van der Waals surface area contributed by atoms with E-state index in [1.165, 1.54) is 0 Å². The molecule has 0 atom stereocenters. The van der Waals surface area contributed by atoms with Crippen molar-refractivity contribution in [3.8, 4) is 0 Å². The monoisotopic (exact) mass is 299 g/mol. The summed E-state index contributed by atoms with van der Waals surface area (Å²) in [6.07, 6.45) is 0. The van der Waals surface area contributed by atoms with Crippen LogP contribution < -0.4 is 0 Å². The van der Waals surface area contributed by atoms with Gasteiger partial charge in [0, 0.05) is 5.57 Å². The first-order valence-electron chi connectivity index (χ1n) is 5.33. The number of nitrogens with zero attached hydrogens (tertiary/aromatic N) is 1. The molecule has 0 N–H and O–H groups in total. The Labute approximate surface area is 116 Å². The van der Waals surface area contributed by atoms with Crippen molar-refractivity contribution >= 4 is 16.4 Å². The van der Waals surface area contributed by atoms with Gasteiger partial charge in [0.1, 0.15) is 0 Å². The van der Waals surface area contributed by atoms with E-state index in [1.807, 2.05) is 26.0 Å². The Kier molecular flexibility index (Phi) is 16.4. The van der Waals surface area contributed by atoms with Gasteiger partial charge in [-0.05, 0) is 35.0 Å². The van der Waals surface area contributed by atoms with Crippen LogP contribution in [0.5, 0.6) is 0 Å². The number of carbonyl (C=O) groups excluding carboxylic acids is 1. The van der Waals surface area contributed by atoms with Crippen LogP contribution in [0, 0.1) is 0 Å². The van der Waals surface area contributed by atoms with E-state index >= 15 is 0 Å². The van der Waals surface area contributed by atoms with Gasteiger partial charge in [-0.2, -0.15) is 8.42 Å². The van der Waals surface area contributed by atoms with Gasteiger partial charge in [0.15, 0.2) is 0 Å². The highest BCUT2D eigenvalue weighted by Crippen LogP contribution is 1.89. The molecule has 0 aromatic carbocycles. The first kappa shape index (κ1) is 23.2. The fraction of sp³-hybridized carbons (Fsp3) is 0.727. The van der Waals surface area contributed by atoms with E-state index in [0.717, 1.165) is 14.2 Å². The van der Waals surface area contributed by atoms with Crippen LogP contribution in [0.25, 0.3) is 0 Å². The van der Waals surface area contributed by atoms with E-state index in [1.54, 1.807) is 13.8 Å². The number of rotatable bonds is 4. The molecule has 0 rings (SSSR count). The average Bonchev–Trinajstić information content (AvgIpc) is 2.29. The summed E-state index contributed by atoms with van der Waals surface area (Å²) in [6, 6.07) is 0. The van der Waals surface area contributed by atoms with Gasteiger partial charge in [-0.15, -0.1) is 0 Å². The molecule has 0 amide bonds. The minimum atomic E-state index is -3.66. The Morgan fingerprint density at radius 2 is 1.47 bits per heavy atom. The summed E-state index contributed by atoms with van der Waals surface area (Å²) in [6.45, 7) is 7.21. The second kappa shape index (κ2) is 13.5. The maximum Gasteiger partial charge on any atom is 0.399 e. The summed E-state index contributed by atoms with van der Waals surface area (Å²) in [5.74, 6) is -0.312. The molecule has 8 heteroatoms. The van der Waals surface area contributed by atoms with Crippen molar-refractivity contribution in [3.05, 3.63) is 12.2 Å². The minimum absolute atomic E-state index is 0.312. The maximum absolute atomic E-state index is 10.4. The van der Waals surface area contributed by atoms with E-state index in [0.29, 0.717) is 12.2 Å². The molecule has 0 fully saturated rings. The molecular formula is C11H25NO6S. The molecule has 0 heterocycles. The lowest BCUT2D eigenvalue weighted by atomic mass is 10.4. The molecule has 0 aliphatic heterocycles. The van der Waals surface area contributed by atoms with Crippen molar-refractivity contribution in [1.82, 2.24) is 4.90 Å². The van der Waals surface area contributed by atoms with Crippen LogP contribution in [-0.4, -0.2) is 61.3 Å². The molecule has 7 nitrogen and oxygen atoms in total. The number of esters is 1. The molecule has 116 valence electrons. The lowest BCUT2D eigenvalue weighted by Gasteiger charge is -1.96. The van der Waals surface area contributed by atoms with Crippen molar-refractivity contribution in [2.24, 2.45) is 0 Å². The van der Waals surface area contributed by atoms with Gasteiger partial charge in [-0.1, -0.05) is 6.58 Å². The van der Waals surface area contributed by atoms with Gasteiger partial charge >= 0.3 is 16.4 Å². The topological polar surface area (TPSA) is 82.1 Å². The predicted molar refractivity (Wildman–Crippen MR) is 74.0 cm³/mol. The van der Waals surface area contributed by atoms with Crippen LogP contribution in [0.3, 0.4) is 0 Å². The van der Waals surface area contributed by atoms with Crippen LogP contribution in [0.4, 0.5) is 0 Å². The summed E-state index contributed by atoms with van der Waals surface area (Å²) in [4.78, 5) is 12.4. The van der Waals surface area contributed by atoms with E-state index in [9.17, 15) is 13.2 Å². The molecule has 0 aliphatic carbocycles. The number of hydrogen-bond donors (Lipinski definition) is 0. The van der Waals surface area contributed by atoms with E-state index < -0.39 is 10.4 Å². The fourth-order valence-electron chi connectivity index (χ4n) is 0.322. The molecule has 19 heavy (non-hydrogen) atoms. The molecule has 0 aromatic heterocycles. The van der Waals surface area contributed by atoms with Gasteiger partial charge in [0.25, 0.3) is 0 Å². The summed E-state index contributed by atoms with van der Waals surface area (Å²) >= 11 is 0. The summed E-state index contributed by atoms with van der Waals surface area (Å²) in [7, 11) is 4.40. The van der Waals surface area contributed by atoms with Crippen molar-refractivity contribution in [3.63, 3.8) is 0 Å². The van der Waals surface area contributed by atoms with Crippen molar-refractivity contribution in [2.75, 3.05) is 42.0 Å². The minimum Gasteiger partial charge on any atom is -0.463 e. The third-order valence-corrected chi connectivity index (χ3v) is 1.85. The van der Waals surface area contributed by atoms with Gasteiger partial charge in [-0.25, -0.2) is 4.79 Å².